The molecule has 0 aromatic carbocycles. The van der Waals surface area contributed by atoms with Crippen molar-refractivity contribution in [3.8, 4) is 0 Å². The Morgan fingerprint density at radius 1 is 1.40 bits per heavy atom. The lowest BCUT2D eigenvalue weighted by Crippen LogP contribution is -2.37. The van der Waals surface area contributed by atoms with E-state index in [1.807, 2.05) is 0 Å². The van der Waals surface area contributed by atoms with Gasteiger partial charge < -0.3 is 5.11 Å². The van der Waals surface area contributed by atoms with E-state index in [9.17, 15) is 4.79 Å². The number of carbonyl (C=O) groups excluding carboxylic acids is 1. The van der Waals surface area contributed by atoms with Crippen LogP contribution in [0.1, 0.15) is 44.9 Å². The summed E-state index contributed by atoms with van der Waals surface area (Å²) in [4.78, 5) is 13.8. The summed E-state index contributed by atoms with van der Waals surface area (Å²) in [6.45, 7) is 1.46. The molecular weight excluding hydrogens is 190 g/mol. The Morgan fingerprint density at radius 2 is 2.27 bits per heavy atom. The zero-order valence-electron chi connectivity index (χ0n) is 9.32. The first kappa shape index (κ1) is 11.1. The molecule has 0 aromatic rings. The number of ketones is 1. The molecule has 0 amide bonds. The van der Waals surface area contributed by atoms with Gasteiger partial charge in [-0.2, -0.15) is 0 Å². The van der Waals surface area contributed by atoms with Crippen LogP contribution >= 0.6 is 0 Å². The molecule has 3 nitrogen and oxygen atoms in total. The molecule has 1 N–H and O–H groups in total. The summed E-state index contributed by atoms with van der Waals surface area (Å²) < 4.78 is 0. The van der Waals surface area contributed by atoms with Crippen molar-refractivity contribution in [3.05, 3.63) is 0 Å². The first-order chi connectivity index (χ1) is 7.31. The zero-order chi connectivity index (χ0) is 10.7. The van der Waals surface area contributed by atoms with Gasteiger partial charge in [0.05, 0.1) is 0 Å². The van der Waals surface area contributed by atoms with Gasteiger partial charge in [0.15, 0.2) is 0 Å². The Labute approximate surface area is 91.5 Å². The zero-order valence-corrected chi connectivity index (χ0v) is 9.32. The Hall–Kier alpha value is -0.410. The van der Waals surface area contributed by atoms with Crippen molar-refractivity contribution in [1.29, 1.82) is 0 Å². The van der Waals surface area contributed by atoms with Crippen molar-refractivity contribution >= 4 is 5.78 Å². The molecule has 0 aromatic heterocycles. The lowest BCUT2D eigenvalue weighted by Gasteiger charge is -2.29. The molecule has 1 aliphatic heterocycles. The average molecular weight is 211 g/mol. The van der Waals surface area contributed by atoms with Crippen LogP contribution in [0.3, 0.4) is 0 Å². The van der Waals surface area contributed by atoms with Gasteiger partial charge in [0.25, 0.3) is 0 Å². The minimum Gasteiger partial charge on any atom is -0.396 e. The van der Waals surface area contributed by atoms with E-state index in [1.54, 1.807) is 0 Å². The van der Waals surface area contributed by atoms with Crippen molar-refractivity contribution in [3.63, 3.8) is 0 Å². The molecule has 1 heterocycles. The third-order valence-electron chi connectivity index (χ3n) is 3.81. The van der Waals surface area contributed by atoms with Gasteiger partial charge in [-0.05, 0) is 38.6 Å². The van der Waals surface area contributed by atoms with Crippen molar-refractivity contribution in [2.75, 3.05) is 13.2 Å². The quantitative estimate of drug-likeness (QED) is 0.763. The van der Waals surface area contributed by atoms with E-state index in [2.05, 4.69) is 4.90 Å². The minimum atomic E-state index is 0.300. The van der Waals surface area contributed by atoms with E-state index >= 15 is 0 Å². The van der Waals surface area contributed by atoms with Crippen LogP contribution in [0.2, 0.25) is 0 Å². The van der Waals surface area contributed by atoms with Crippen molar-refractivity contribution < 1.29 is 9.90 Å². The van der Waals surface area contributed by atoms with Gasteiger partial charge in [-0.25, -0.2) is 0 Å². The fourth-order valence-corrected chi connectivity index (χ4v) is 3.05. The minimum absolute atomic E-state index is 0.300. The first-order valence-corrected chi connectivity index (χ1v) is 6.19. The standard InChI is InChI=1S/C12H21NO2/c14-8-2-4-10-3-1-7-13(10)11-5-6-12(15)9-11/h10-11,14H,1-9H2. The lowest BCUT2D eigenvalue weighted by molar-refractivity contribution is -0.117. The van der Waals surface area contributed by atoms with Crippen LogP contribution in [0, 0.1) is 0 Å². The van der Waals surface area contributed by atoms with E-state index < -0.39 is 0 Å². The second-order valence-electron chi connectivity index (χ2n) is 4.84. The number of hydrogen-bond donors (Lipinski definition) is 1. The number of hydrogen-bond acceptors (Lipinski definition) is 3. The van der Waals surface area contributed by atoms with Crippen LogP contribution in [-0.2, 0) is 4.79 Å². The second-order valence-corrected chi connectivity index (χ2v) is 4.84. The molecule has 2 unspecified atom stereocenters. The Kier molecular flexibility index (Phi) is 3.76. The summed E-state index contributed by atoms with van der Waals surface area (Å²) in [5.41, 5.74) is 0. The Bertz CT molecular complexity index is 230. The van der Waals surface area contributed by atoms with Gasteiger partial charge >= 0.3 is 0 Å². The van der Waals surface area contributed by atoms with E-state index in [1.165, 1.54) is 12.8 Å². The van der Waals surface area contributed by atoms with E-state index in [4.69, 9.17) is 5.11 Å². The molecule has 1 saturated heterocycles. The van der Waals surface area contributed by atoms with Crippen molar-refractivity contribution in [2.45, 2.75) is 57.0 Å². The number of aliphatic hydroxyl groups is 1. The number of likely N-dealkylation sites (tertiary alicyclic amines) is 1. The molecule has 0 bridgehead atoms. The number of Topliss-reactive ketones (excluding diaryl/α,β-unsaturated/α-hetero) is 1. The summed E-state index contributed by atoms with van der Waals surface area (Å²) in [5.74, 6) is 0.438. The largest absolute Gasteiger partial charge is 0.396 e. The maximum Gasteiger partial charge on any atom is 0.134 e. The molecule has 3 heteroatoms. The van der Waals surface area contributed by atoms with Crippen LogP contribution in [0.25, 0.3) is 0 Å². The topological polar surface area (TPSA) is 40.5 Å². The van der Waals surface area contributed by atoms with E-state index in [0.717, 1.165) is 38.6 Å². The summed E-state index contributed by atoms with van der Waals surface area (Å²) in [7, 11) is 0. The Balaban J connectivity index is 1.86. The molecule has 2 aliphatic rings. The molecule has 0 spiro atoms. The molecule has 86 valence electrons. The summed E-state index contributed by atoms with van der Waals surface area (Å²) in [5, 5.41) is 8.85. The van der Waals surface area contributed by atoms with Crippen LogP contribution in [0.4, 0.5) is 0 Å². The van der Waals surface area contributed by atoms with Crippen LogP contribution < -0.4 is 0 Å². The monoisotopic (exact) mass is 211 g/mol. The molecule has 1 saturated carbocycles. The first-order valence-electron chi connectivity index (χ1n) is 6.19. The third kappa shape index (κ3) is 2.58. The van der Waals surface area contributed by atoms with Crippen LogP contribution in [-0.4, -0.2) is 41.0 Å². The van der Waals surface area contributed by atoms with Gasteiger partial charge in [-0.15, -0.1) is 0 Å². The van der Waals surface area contributed by atoms with Gasteiger partial charge in [-0.3, -0.25) is 9.69 Å². The molecular formula is C12H21NO2. The van der Waals surface area contributed by atoms with Gasteiger partial charge in [-0.1, -0.05) is 0 Å². The average Bonchev–Trinajstić information content (AvgIpc) is 2.82. The van der Waals surface area contributed by atoms with Crippen LogP contribution in [0.15, 0.2) is 0 Å². The third-order valence-corrected chi connectivity index (χ3v) is 3.81. The molecule has 2 rings (SSSR count). The normalized spacial score (nSPS) is 32.7. The lowest BCUT2D eigenvalue weighted by atomic mass is 10.1. The van der Waals surface area contributed by atoms with E-state index in [0.29, 0.717) is 24.5 Å². The summed E-state index contributed by atoms with van der Waals surface area (Å²) in [6, 6.07) is 1.15. The number of aliphatic hydroxyl groups excluding tert-OH is 1. The SMILES string of the molecule is O=C1CCC(N2CCCC2CCCO)C1. The molecule has 2 atom stereocenters. The van der Waals surface area contributed by atoms with Crippen molar-refractivity contribution in [1.82, 2.24) is 4.90 Å². The van der Waals surface area contributed by atoms with Crippen molar-refractivity contribution in [2.24, 2.45) is 0 Å². The van der Waals surface area contributed by atoms with E-state index in [-0.39, 0.29) is 0 Å². The highest BCUT2D eigenvalue weighted by Crippen LogP contribution is 2.30. The predicted octanol–water partition coefficient (Wildman–Crippen LogP) is 1.34. The smallest absolute Gasteiger partial charge is 0.134 e. The van der Waals surface area contributed by atoms with Crippen LogP contribution in [0.5, 0.6) is 0 Å². The number of carbonyl (C=O) groups is 1. The fourth-order valence-electron chi connectivity index (χ4n) is 3.05. The van der Waals surface area contributed by atoms with Gasteiger partial charge in [0.1, 0.15) is 5.78 Å². The predicted molar refractivity (Wildman–Crippen MR) is 58.7 cm³/mol. The Morgan fingerprint density at radius 3 is 2.93 bits per heavy atom. The fraction of sp³-hybridized carbons (Fsp3) is 0.917. The highest BCUT2D eigenvalue weighted by atomic mass is 16.2. The molecule has 0 radical (unpaired) electrons. The van der Waals surface area contributed by atoms with Gasteiger partial charge in [0.2, 0.25) is 0 Å². The number of rotatable bonds is 4. The highest BCUT2D eigenvalue weighted by Gasteiger charge is 2.34. The maximum absolute atomic E-state index is 11.3. The summed E-state index contributed by atoms with van der Waals surface area (Å²) >= 11 is 0. The molecule has 2 fully saturated rings. The second kappa shape index (κ2) is 5.08. The maximum atomic E-state index is 11.3. The number of nitrogens with zero attached hydrogens (tertiary/aromatic N) is 1. The highest BCUT2D eigenvalue weighted by molar-refractivity contribution is 5.81. The summed E-state index contributed by atoms with van der Waals surface area (Å²) in [6.07, 6.45) is 7.15. The van der Waals surface area contributed by atoms with Gasteiger partial charge in [0, 0.05) is 31.5 Å². The molecule has 1 aliphatic carbocycles. The molecule has 15 heavy (non-hydrogen) atoms.